The molecule has 0 saturated carbocycles. The van der Waals surface area contributed by atoms with E-state index in [4.69, 9.17) is 4.74 Å². The highest BCUT2D eigenvalue weighted by Crippen LogP contribution is 2.27. The number of hydrogen-bond donors (Lipinski definition) is 0. The Morgan fingerprint density at radius 2 is 2.13 bits per heavy atom. The summed E-state index contributed by atoms with van der Waals surface area (Å²) in [6.07, 6.45) is 4.38. The van der Waals surface area contributed by atoms with Crippen LogP contribution in [-0.4, -0.2) is 45.6 Å². The molecule has 0 unspecified atom stereocenters. The maximum absolute atomic E-state index is 12.7. The van der Waals surface area contributed by atoms with Crippen molar-refractivity contribution in [1.29, 1.82) is 0 Å². The van der Waals surface area contributed by atoms with E-state index in [0.29, 0.717) is 18.7 Å². The van der Waals surface area contributed by atoms with E-state index >= 15 is 0 Å². The quantitative estimate of drug-likeness (QED) is 0.866. The number of aromatic nitrogens is 3. The third-order valence-electron chi connectivity index (χ3n) is 4.36. The molecule has 0 radical (unpaired) electrons. The zero-order valence-corrected chi connectivity index (χ0v) is 13.8. The number of methoxy groups -OCH3 is 1. The lowest BCUT2D eigenvalue weighted by Gasteiger charge is -2.34. The van der Waals surface area contributed by atoms with Crippen molar-refractivity contribution in [2.75, 3.05) is 20.3 Å². The average molecular weight is 314 g/mol. The SMILES string of the molecule is COCCc1cnc2n1CCN(C(=O)c1ccc(C)nc1)[C@H]2C. The standard InChI is InChI=1S/C17H22N4O2/c1-12-4-5-14(10-18-12)17(22)20-7-8-21-15(6-9-23-3)11-19-16(21)13(20)2/h4-5,10-11,13H,6-9H2,1-3H3/t13-/m0/s1. The van der Waals surface area contributed by atoms with Gasteiger partial charge in [-0.1, -0.05) is 0 Å². The molecule has 2 aromatic rings. The number of pyridine rings is 1. The zero-order chi connectivity index (χ0) is 16.4. The van der Waals surface area contributed by atoms with E-state index in [1.54, 1.807) is 13.3 Å². The molecule has 0 N–H and O–H groups in total. The summed E-state index contributed by atoms with van der Waals surface area (Å²) >= 11 is 0. The Morgan fingerprint density at radius 1 is 1.30 bits per heavy atom. The van der Waals surface area contributed by atoms with Crippen molar-refractivity contribution >= 4 is 5.91 Å². The first-order valence-electron chi connectivity index (χ1n) is 7.88. The lowest BCUT2D eigenvalue weighted by atomic mass is 10.1. The zero-order valence-electron chi connectivity index (χ0n) is 13.8. The van der Waals surface area contributed by atoms with Crippen LogP contribution in [-0.2, 0) is 17.7 Å². The molecule has 6 nitrogen and oxygen atoms in total. The Morgan fingerprint density at radius 3 is 2.83 bits per heavy atom. The van der Waals surface area contributed by atoms with Gasteiger partial charge in [0.05, 0.1) is 18.2 Å². The summed E-state index contributed by atoms with van der Waals surface area (Å²) in [6, 6.07) is 3.66. The molecule has 0 bridgehead atoms. The fourth-order valence-corrected chi connectivity index (χ4v) is 3.00. The Hall–Kier alpha value is -2.21. The number of hydrogen-bond acceptors (Lipinski definition) is 4. The van der Waals surface area contributed by atoms with Crippen molar-refractivity contribution in [3.05, 3.63) is 47.3 Å². The summed E-state index contributed by atoms with van der Waals surface area (Å²) in [5.74, 6) is 0.952. The minimum atomic E-state index is -0.0474. The van der Waals surface area contributed by atoms with Gasteiger partial charge in [0.25, 0.3) is 5.91 Å². The Kier molecular flexibility index (Phi) is 4.43. The molecule has 0 aliphatic carbocycles. The van der Waals surface area contributed by atoms with E-state index in [1.807, 2.05) is 37.1 Å². The van der Waals surface area contributed by atoms with Crippen LogP contribution in [0.4, 0.5) is 0 Å². The summed E-state index contributed by atoms with van der Waals surface area (Å²) < 4.78 is 7.36. The highest BCUT2D eigenvalue weighted by atomic mass is 16.5. The first-order chi connectivity index (χ1) is 11.1. The molecule has 6 heteroatoms. The van der Waals surface area contributed by atoms with E-state index in [-0.39, 0.29) is 11.9 Å². The number of aryl methyl sites for hydroxylation is 1. The van der Waals surface area contributed by atoms with Gasteiger partial charge < -0.3 is 14.2 Å². The van der Waals surface area contributed by atoms with Gasteiger partial charge in [-0.3, -0.25) is 9.78 Å². The first-order valence-corrected chi connectivity index (χ1v) is 7.88. The number of ether oxygens (including phenoxy) is 1. The number of amides is 1. The monoisotopic (exact) mass is 314 g/mol. The normalized spacial score (nSPS) is 17.2. The van der Waals surface area contributed by atoms with Gasteiger partial charge >= 0.3 is 0 Å². The van der Waals surface area contributed by atoms with Crippen LogP contribution in [0.15, 0.2) is 24.5 Å². The summed E-state index contributed by atoms with van der Waals surface area (Å²) in [4.78, 5) is 23.4. The molecule has 23 heavy (non-hydrogen) atoms. The maximum Gasteiger partial charge on any atom is 0.256 e. The molecule has 3 rings (SSSR count). The van der Waals surface area contributed by atoms with Gasteiger partial charge in [0.1, 0.15) is 5.82 Å². The van der Waals surface area contributed by atoms with Crippen molar-refractivity contribution in [1.82, 2.24) is 19.4 Å². The lowest BCUT2D eigenvalue weighted by molar-refractivity contribution is 0.0635. The van der Waals surface area contributed by atoms with Crippen molar-refractivity contribution in [3.8, 4) is 0 Å². The predicted octanol–water partition coefficient (Wildman–Crippen LogP) is 1.99. The fraction of sp³-hybridized carbons (Fsp3) is 0.471. The third-order valence-corrected chi connectivity index (χ3v) is 4.36. The van der Waals surface area contributed by atoms with Crippen molar-refractivity contribution in [2.24, 2.45) is 0 Å². The molecule has 1 amide bonds. The molecule has 3 heterocycles. The highest BCUT2D eigenvalue weighted by Gasteiger charge is 2.30. The van der Waals surface area contributed by atoms with Gasteiger partial charge in [-0.05, 0) is 26.0 Å². The fourth-order valence-electron chi connectivity index (χ4n) is 3.00. The topological polar surface area (TPSA) is 60.2 Å². The molecule has 1 atom stereocenters. The van der Waals surface area contributed by atoms with E-state index in [1.165, 1.54) is 0 Å². The van der Waals surface area contributed by atoms with Crippen LogP contribution in [0.2, 0.25) is 0 Å². The van der Waals surface area contributed by atoms with Crippen LogP contribution >= 0.6 is 0 Å². The lowest BCUT2D eigenvalue weighted by Crippen LogP contribution is -2.41. The number of nitrogens with zero attached hydrogens (tertiary/aromatic N) is 4. The summed E-state index contributed by atoms with van der Waals surface area (Å²) in [5, 5.41) is 0. The molecule has 0 saturated heterocycles. The average Bonchev–Trinajstić information content (AvgIpc) is 2.97. The second-order valence-electron chi connectivity index (χ2n) is 5.86. The van der Waals surface area contributed by atoms with E-state index < -0.39 is 0 Å². The number of carbonyl (C=O) groups is 1. The van der Waals surface area contributed by atoms with E-state index in [2.05, 4.69) is 14.5 Å². The van der Waals surface area contributed by atoms with Crippen molar-refractivity contribution < 1.29 is 9.53 Å². The van der Waals surface area contributed by atoms with Crippen LogP contribution in [0.1, 0.15) is 40.5 Å². The van der Waals surface area contributed by atoms with Crippen molar-refractivity contribution in [2.45, 2.75) is 32.9 Å². The van der Waals surface area contributed by atoms with Crippen LogP contribution in [0, 0.1) is 6.92 Å². The molecule has 1 aliphatic rings. The number of imidazole rings is 1. The highest BCUT2D eigenvalue weighted by molar-refractivity contribution is 5.94. The van der Waals surface area contributed by atoms with Crippen molar-refractivity contribution in [3.63, 3.8) is 0 Å². The Labute approximate surface area is 136 Å². The van der Waals surface area contributed by atoms with Gasteiger partial charge in [0.2, 0.25) is 0 Å². The molecular weight excluding hydrogens is 292 g/mol. The summed E-state index contributed by atoms with van der Waals surface area (Å²) in [6.45, 7) is 6.06. The molecule has 2 aromatic heterocycles. The third kappa shape index (κ3) is 2.99. The van der Waals surface area contributed by atoms with Gasteiger partial charge in [0, 0.05) is 50.4 Å². The van der Waals surface area contributed by atoms with Crippen LogP contribution < -0.4 is 0 Å². The molecule has 1 aliphatic heterocycles. The number of rotatable bonds is 4. The van der Waals surface area contributed by atoms with Crippen LogP contribution in [0.3, 0.4) is 0 Å². The smallest absolute Gasteiger partial charge is 0.256 e. The Bertz CT molecular complexity index is 693. The van der Waals surface area contributed by atoms with Crippen LogP contribution in [0.25, 0.3) is 0 Å². The van der Waals surface area contributed by atoms with E-state index in [9.17, 15) is 4.79 Å². The van der Waals surface area contributed by atoms with Gasteiger partial charge in [0.15, 0.2) is 0 Å². The largest absolute Gasteiger partial charge is 0.384 e. The maximum atomic E-state index is 12.7. The van der Waals surface area contributed by atoms with E-state index in [0.717, 1.165) is 30.2 Å². The molecule has 0 fully saturated rings. The minimum absolute atomic E-state index is 0.0118. The second kappa shape index (κ2) is 6.50. The van der Waals surface area contributed by atoms with Gasteiger partial charge in [-0.25, -0.2) is 4.98 Å². The minimum Gasteiger partial charge on any atom is -0.384 e. The summed E-state index contributed by atoms with van der Waals surface area (Å²) in [5.41, 5.74) is 2.70. The second-order valence-corrected chi connectivity index (χ2v) is 5.86. The summed E-state index contributed by atoms with van der Waals surface area (Å²) in [7, 11) is 1.70. The number of carbonyl (C=O) groups excluding carboxylic acids is 1. The first kappa shape index (κ1) is 15.7. The Balaban J connectivity index is 1.80. The molecule has 0 aromatic carbocycles. The molecule has 0 spiro atoms. The van der Waals surface area contributed by atoms with Gasteiger partial charge in [-0.2, -0.15) is 0 Å². The van der Waals surface area contributed by atoms with Gasteiger partial charge in [-0.15, -0.1) is 0 Å². The van der Waals surface area contributed by atoms with Crippen LogP contribution in [0.5, 0.6) is 0 Å². The number of fused-ring (bicyclic) bond motifs is 1. The predicted molar refractivity (Wildman–Crippen MR) is 86.2 cm³/mol. The molecule has 122 valence electrons. The molecular formula is C17H22N4O2.